The molecule has 1 aliphatic rings. The number of benzene rings is 1. The van der Waals surface area contributed by atoms with E-state index in [9.17, 15) is 23.1 Å². The Morgan fingerprint density at radius 2 is 1.91 bits per heavy atom. The Labute approximate surface area is 131 Å². The molecule has 1 saturated carbocycles. The van der Waals surface area contributed by atoms with Gasteiger partial charge < -0.3 is 19.9 Å². The van der Waals surface area contributed by atoms with Crippen molar-refractivity contribution in [1.29, 1.82) is 0 Å². The van der Waals surface area contributed by atoms with Crippen molar-refractivity contribution in [2.75, 3.05) is 13.7 Å². The van der Waals surface area contributed by atoms with Crippen LogP contribution in [0.3, 0.4) is 0 Å². The molecule has 5 nitrogen and oxygen atoms in total. The van der Waals surface area contributed by atoms with Gasteiger partial charge in [0, 0.05) is 20.0 Å². The first-order valence-electron chi connectivity index (χ1n) is 6.97. The number of methoxy groups -OCH3 is 1. The number of carbonyl (C=O) groups is 1. The topological polar surface area (TPSA) is 67.8 Å². The fourth-order valence-corrected chi connectivity index (χ4v) is 2.72. The molecule has 0 saturated heterocycles. The third-order valence-electron chi connectivity index (χ3n) is 4.04. The van der Waals surface area contributed by atoms with Crippen molar-refractivity contribution in [2.45, 2.75) is 36.8 Å². The summed E-state index contributed by atoms with van der Waals surface area (Å²) in [5.74, 6) is 0. The van der Waals surface area contributed by atoms with Gasteiger partial charge in [0.1, 0.15) is 6.61 Å². The van der Waals surface area contributed by atoms with E-state index in [2.05, 4.69) is 10.1 Å². The molecule has 23 heavy (non-hydrogen) atoms. The second-order valence-electron chi connectivity index (χ2n) is 5.67. The van der Waals surface area contributed by atoms with Gasteiger partial charge in [0.2, 0.25) is 0 Å². The number of ether oxygens (including phenoxy) is 2. The molecule has 1 aromatic rings. The zero-order valence-corrected chi connectivity index (χ0v) is 12.5. The maximum absolute atomic E-state index is 13.0. The number of rotatable bonds is 5. The predicted molar refractivity (Wildman–Crippen MR) is 74.6 cm³/mol. The van der Waals surface area contributed by atoms with Crippen molar-refractivity contribution < 1.29 is 32.5 Å². The van der Waals surface area contributed by atoms with Crippen LogP contribution in [-0.2, 0) is 16.1 Å². The molecule has 1 aromatic carbocycles. The monoisotopic (exact) mass is 333 g/mol. The lowest BCUT2D eigenvalue weighted by Crippen LogP contribution is -2.72. The van der Waals surface area contributed by atoms with Gasteiger partial charge in [0.05, 0.1) is 12.1 Å². The minimum absolute atomic E-state index is 0.0110. The van der Waals surface area contributed by atoms with Gasteiger partial charge >= 0.3 is 12.3 Å². The number of alkyl halides is 3. The summed E-state index contributed by atoms with van der Waals surface area (Å²) in [4.78, 5) is 11.8. The highest BCUT2D eigenvalue weighted by Gasteiger charge is 2.69. The fraction of sp³-hybridized carbons (Fsp3) is 0.533. The Morgan fingerprint density at radius 3 is 2.39 bits per heavy atom. The molecule has 128 valence electrons. The number of aliphatic hydroxyl groups is 1. The minimum Gasteiger partial charge on any atom is -0.445 e. The van der Waals surface area contributed by atoms with Gasteiger partial charge in [-0.15, -0.1) is 0 Å². The Balaban J connectivity index is 1.92. The molecule has 0 atom stereocenters. The van der Waals surface area contributed by atoms with Crippen molar-refractivity contribution in [2.24, 2.45) is 0 Å². The summed E-state index contributed by atoms with van der Waals surface area (Å²) in [5.41, 5.74) is -2.99. The van der Waals surface area contributed by atoms with Crippen LogP contribution in [0.15, 0.2) is 30.3 Å². The van der Waals surface area contributed by atoms with Gasteiger partial charge in [-0.1, -0.05) is 30.3 Å². The summed E-state index contributed by atoms with van der Waals surface area (Å²) in [6, 6.07) is 8.85. The van der Waals surface area contributed by atoms with E-state index in [-0.39, 0.29) is 6.61 Å². The van der Waals surface area contributed by atoms with E-state index in [0.717, 1.165) is 12.7 Å². The third kappa shape index (κ3) is 3.59. The molecule has 0 aliphatic heterocycles. The number of carbonyl (C=O) groups excluding carboxylic acids is 1. The average Bonchev–Trinajstić information content (AvgIpc) is 2.48. The Hall–Kier alpha value is -1.80. The number of hydrogen-bond donors (Lipinski definition) is 2. The molecule has 2 N–H and O–H groups in total. The van der Waals surface area contributed by atoms with E-state index < -0.39 is 42.9 Å². The zero-order valence-electron chi connectivity index (χ0n) is 12.5. The first-order chi connectivity index (χ1) is 10.8. The fourth-order valence-electron chi connectivity index (χ4n) is 2.72. The second kappa shape index (κ2) is 6.37. The smallest absolute Gasteiger partial charge is 0.417 e. The minimum atomic E-state index is -4.57. The van der Waals surface area contributed by atoms with Crippen LogP contribution in [0.2, 0.25) is 0 Å². The molecule has 0 unspecified atom stereocenters. The zero-order chi connectivity index (χ0) is 17.1. The molecule has 0 aromatic heterocycles. The maximum Gasteiger partial charge on any atom is 0.417 e. The normalized spacial score (nSPS) is 27.2. The van der Waals surface area contributed by atoms with Crippen LogP contribution in [0.4, 0.5) is 18.0 Å². The van der Waals surface area contributed by atoms with Gasteiger partial charge in [-0.3, -0.25) is 0 Å². The van der Waals surface area contributed by atoms with Crippen molar-refractivity contribution in [3.63, 3.8) is 0 Å². The molecule has 0 radical (unpaired) electrons. The summed E-state index contributed by atoms with van der Waals surface area (Å²) in [7, 11) is 0.961. The van der Waals surface area contributed by atoms with Crippen LogP contribution in [0.25, 0.3) is 0 Å². The predicted octanol–water partition coefficient (Wildman–Crippen LogP) is 2.39. The SMILES string of the molecule is COC1(C(F)(F)F)CC(CO)(NC(=O)OCc2ccccc2)C1. The Morgan fingerprint density at radius 1 is 1.30 bits per heavy atom. The molecular formula is C15H18F3NO4. The highest BCUT2D eigenvalue weighted by molar-refractivity contribution is 5.68. The van der Waals surface area contributed by atoms with Crippen molar-refractivity contribution >= 4 is 6.09 Å². The summed E-state index contributed by atoms with van der Waals surface area (Å²) in [6.07, 6.45) is -6.57. The third-order valence-corrected chi connectivity index (χ3v) is 4.04. The van der Waals surface area contributed by atoms with Crippen molar-refractivity contribution in [3.8, 4) is 0 Å². The summed E-state index contributed by atoms with van der Waals surface area (Å²) in [6.45, 7) is -0.641. The molecule has 1 amide bonds. The molecular weight excluding hydrogens is 315 g/mol. The molecule has 2 rings (SSSR count). The van der Waals surface area contributed by atoms with E-state index in [1.807, 2.05) is 0 Å². The van der Waals surface area contributed by atoms with Gasteiger partial charge in [0.15, 0.2) is 5.60 Å². The molecule has 0 heterocycles. The first-order valence-corrected chi connectivity index (χ1v) is 6.97. The van der Waals surface area contributed by atoms with E-state index in [1.165, 1.54) is 0 Å². The van der Waals surface area contributed by atoms with Gasteiger partial charge in [-0.2, -0.15) is 13.2 Å². The maximum atomic E-state index is 13.0. The largest absolute Gasteiger partial charge is 0.445 e. The van der Waals surface area contributed by atoms with Crippen LogP contribution in [0.1, 0.15) is 18.4 Å². The van der Waals surface area contributed by atoms with Crippen LogP contribution < -0.4 is 5.32 Å². The molecule has 0 spiro atoms. The lowest BCUT2D eigenvalue weighted by atomic mass is 9.64. The van der Waals surface area contributed by atoms with E-state index in [4.69, 9.17) is 4.74 Å². The average molecular weight is 333 g/mol. The lowest BCUT2D eigenvalue weighted by Gasteiger charge is -2.54. The number of amides is 1. The summed E-state index contributed by atoms with van der Waals surface area (Å²) < 4.78 is 48.5. The van der Waals surface area contributed by atoms with Gasteiger partial charge in [-0.05, 0) is 5.56 Å². The van der Waals surface area contributed by atoms with Crippen LogP contribution in [-0.4, -0.2) is 42.2 Å². The molecule has 8 heteroatoms. The van der Waals surface area contributed by atoms with Crippen molar-refractivity contribution in [1.82, 2.24) is 5.32 Å². The number of hydrogen-bond acceptors (Lipinski definition) is 4. The van der Waals surface area contributed by atoms with Crippen molar-refractivity contribution in [3.05, 3.63) is 35.9 Å². The van der Waals surface area contributed by atoms with Gasteiger partial charge in [-0.25, -0.2) is 4.79 Å². The quantitative estimate of drug-likeness (QED) is 0.868. The van der Waals surface area contributed by atoms with Crippen LogP contribution in [0, 0.1) is 0 Å². The number of nitrogens with one attached hydrogen (secondary N) is 1. The Bertz CT molecular complexity index is 541. The van der Waals surface area contributed by atoms with E-state index in [0.29, 0.717) is 0 Å². The highest BCUT2D eigenvalue weighted by Crippen LogP contribution is 2.52. The summed E-state index contributed by atoms with van der Waals surface area (Å²) in [5, 5.41) is 11.7. The second-order valence-corrected chi connectivity index (χ2v) is 5.67. The lowest BCUT2D eigenvalue weighted by molar-refractivity contribution is -0.316. The van der Waals surface area contributed by atoms with Gasteiger partial charge in [0.25, 0.3) is 0 Å². The molecule has 0 bridgehead atoms. The number of aliphatic hydroxyl groups excluding tert-OH is 1. The Kier molecular flexibility index (Phi) is 4.86. The van der Waals surface area contributed by atoms with E-state index >= 15 is 0 Å². The standard InChI is InChI=1S/C15H18F3NO4/c1-22-14(15(16,17)18)8-13(9-14,10-20)19-12(21)23-7-11-5-3-2-4-6-11/h2-6,20H,7-10H2,1H3,(H,19,21). The highest BCUT2D eigenvalue weighted by atomic mass is 19.4. The number of alkyl carbamates (subject to hydrolysis) is 1. The first kappa shape index (κ1) is 17.6. The molecule has 1 aliphatic carbocycles. The molecule has 1 fully saturated rings. The van der Waals surface area contributed by atoms with E-state index in [1.54, 1.807) is 30.3 Å². The van der Waals surface area contributed by atoms with Crippen LogP contribution in [0.5, 0.6) is 0 Å². The van der Waals surface area contributed by atoms with Crippen LogP contribution >= 0.6 is 0 Å². The number of halogens is 3. The summed E-state index contributed by atoms with van der Waals surface area (Å²) >= 11 is 0.